The number of hydrogen-bond acceptors (Lipinski definition) is 6. The van der Waals surface area contributed by atoms with E-state index in [9.17, 15) is 10.0 Å². The van der Waals surface area contributed by atoms with Crippen molar-refractivity contribution < 1.29 is 10.0 Å². The Balaban J connectivity index is 1.58. The van der Waals surface area contributed by atoms with Crippen molar-refractivity contribution in [1.82, 2.24) is 19.7 Å². The number of nitrogens with one attached hydrogen (secondary N) is 1. The highest BCUT2D eigenvalue weighted by Crippen LogP contribution is 2.27. The molecule has 0 atom stereocenters. The van der Waals surface area contributed by atoms with Gasteiger partial charge in [-0.15, -0.1) is 0 Å². The van der Waals surface area contributed by atoms with Crippen LogP contribution in [-0.2, 0) is 19.4 Å². The monoisotopic (exact) mass is 399 g/mol. The molecule has 4 aromatic rings. The van der Waals surface area contributed by atoms with E-state index in [0.717, 1.165) is 42.7 Å². The maximum absolute atomic E-state index is 9.66. The van der Waals surface area contributed by atoms with E-state index in [2.05, 4.69) is 22.5 Å². The Hall–Kier alpha value is -3.23. The van der Waals surface area contributed by atoms with Crippen LogP contribution in [0.4, 0.5) is 5.82 Å². The molecule has 0 spiro atoms. The van der Waals surface area contributed by atoms with Crippen LogP contribution in [-0.4, -0.2) is 36.9 Å². The molecule has 8 heteroatoms. The molecular weight excluding hydrogens is 377 g/mol. The largest absolute Gasteiger partial charge is 0.489 e. The van der Waals surface area contributed by atoms with Gasteiger partial charge in [0.15, 0.2) is 0 Å². The SMILES string of the molecule is OB(O)c1cccc2c1cnn2-c1nc2c(c(NCc3ccccc3)n1)CCCC2. The lowest BCUT2D eigenvalue weighted by Crippen LogP contribution is -2.30. The predicted molar refractivity (Wildman–Crippen MR) is 117 cm³/mol. The van der Waals surface area contributed by atoms with Crippen LogP contribution in [0.1, 0.15) is 29.7 Å². The van der Waals surface area contributed by atoms with E-state index in [0.29, 0.717) is 23.3 Å². The molecular formula is C22H22BN5O2. The van der Waals surface area contributed by atoms with Crippen LogP contribution in [0.15, 0.2) is 54.7 Å². The second-order valence-corrected chi connectivity index (χ2v) is 7.55. The first-order chi connectivity index (χ1) is 14.7. The summed E-state index contributed by atoms with van der Waals surface area (Å²) in [6.45, 7) is 0.685. The lowest BCUT2D eigenvalue weighted by atomic mass is 9.78. The third-order valence-electron chi connectivity index (χ3n) is 5.59. The standard InChI is InChI=1S/C22H22BN5O2/c29-23(30)18-10-6-12-20-17(18)14-25-28(20)22-26-19-11-5-4-9-16(19)21(27-22)24-13-15-7-2-1-3-8-15/h1-3,6-8,10,12,14,29-30H,4-5,9,11,13H2,(H,24,26,27). The Morgan fingerprint density at radius 2 is 1.80 bits per heavy atom. The van der Waals surface area contributed by atoms with E-state index in [1.807, 2.05) is 24.3 Å². The molecule has 0 saturated heterocycles. The van der Waals surface area contributed by atoms with Crippen molar-refractivity contribution in [1.29, 1.82) is 0 Å². The molecule has 2 aromatic carbocycles. The summed E-state index contributed by atoms with van der Waals surface area (Å²) < 4.78 is 1.67. The highest BCUT2D eigenvalue weighted by Gasteiger charge is 2.21. The smallest absolute Gasteiger partial charge is 0.423 e. The second-order valence-electron chi connectivity index (χ2n) is 7.55. The highest BCUT2D eigenvalue weighted by molar-refractivity contribution is 6.61. The zero-order valence-electron chi connectivity index (χ0n) is 16.5. The van der Waals surface area contributed by atoms with Crippen molar-refractivity contribution in [3.8, 4) is 5.95 Å². The van der Waals surface area contributed by atoms with Crippen LogP contribution >= 0.6 is 0 Å². The third-order valence-corrected chi connectivity index (χ3v) is 5.59. The minimum absolute atomic E-state index is 0.416. The summed E-state index contributed by atoms with van der Waals surface area (Å²) >= 11 is 0. The molecule has 1 aliphatic carbocycles. The maximum atomic E-state index is 9.66. The normalized spacial score (nSPS) is 13.3. The van der Waals surface area contributed by atoms with Crippen LogP contribution in [0.5, 0.6) is 0 Å². The summed E-state index contributed by atoms with van der Waals surface area (Å²) in [6, 6.07) is 15.6. The molecule has 150 valence electrons. The molecule has 30 heavy (non-hydrogen) atoms. The van der Waals surface area contributed by atoms with Gasteiger partial charge in [-0.1, -0.05) is 42.5 Å². The van der Waals surface area contributed by atoms with Crippen LogP contribution in [0.25, 0.3) is 16.9 Å². The number of nitrogens with zero attached hydrogens (tertiary/aromatic N) is 4. The fraction of sp³-hybridized carbons (Fsp3) is 0.227. The lowest BCUT2D eigenvalue weighted by Gasteiger charge is -2.20. The molecule has 0 amide bonds. The van der Waals surface area contributed by atoms with Crippen molar-refractivity contribution in [3.05, 3.63) is 71.5 Å². The van der Waals surface area contributed by atoms with Crippen LogP contribution < -0.4 is 10.8 Å². The number of rotatable bonds is 5. The van der Waals surface area contributed by atoms with E-state index < -0.39 is 7.12 Å². The van der Waals surface area contributed by atoms with E-state index in [4.69, 9.17) is 9.97 Å². The Labute approximate surface area is 174 Å². The van der Waals surface area contributed by atoms with Gasteiger partial charge in [0, 0.05) is 17.5 Å². The summed E-state index contributed by atoms with van der Waals surface area (Å²) in [4.78, 5) is 9.64. The molecule has 0 fully saturated rings. The molecule has 3 N–H and O–H groups in total. The topological polar surface area (TPSA) is 96.1 Å². The summed E-state index contributed by atoms with van der Waals surface area (Å²) in [7, 11) is -1.56. The first-order valence-electron chi connectivity index (χ1n) is 10.2. The fourth-order valence-corrected chi connectivity index (χ4v) is 4.06. The molecule has 7 nitrogen and oxygen atoms in total. The van der Waals surface area contributed by atoms with Crippen LogP contribution in [0, 0.1) is 0 Å². The minimum atomic E-state index is -1.56. The van der Waals surface area contributed by atoms with Crippen LogP contribution in [0.3, 0.4) is 0 Å². The Bertz CT molecular complexity index is 1190. The molecule has 0 bridgehead atoms. The predicted octanol–water partition coefficient (Wildman–Crippen LogP) is 1.99. The first kappa shape index (κ1) is 18.8. The zero-order chi connectivity index (χ0) is 20.5. The van der Waals surface area contributed by atoms with Crippen molar-refractivity contribution in [2.24, 2.45) is 0 Å². The van der Waals surface area contributed by atoms with Gasteiger partial charge in [-0.05, 0) is 42.8 Å². The summed E-state index contributed by atoms with van der Waals surface area (Å²) in [6.07, 6.45) is 5.77. The van der Waals surface area contributed by atoms with Gasteiger partial charge in [-0.25, -0.2) is 4.98 Å². The number of anilines is 1. The highest BCUT2D eigenvalue weighted by atomic mass is 16.4. The number of fused-ring (bicyclic) bond motifs is 2. The summed E-state index contributed by atoms with van der Waals surface area (Å²) in [5, 5.41) is 27.9. The van der Waals surface area contributed by atoms with Crippen molar-refractivity contribution in [2.75, 3.05) is 5.32 Å². The molecule has 0 unspecified atom stereocenters. The van der Waals surface area contributed by atoms with Gasteiger partial charge < -0.3 is 15.4 Å². The summed E-state index contributed by atoms with van der Waals surface area (Å²) in [5.41, 5.74) is 4.59. The number of hydrogen-bond donors (Lipinski definition) is 3. The number of aryl methyl sites for hydroxylation is 1. The average molecular weight is 399 g/mol. The van der Waals surface area contributed by atoms with Gasteiger partial charge in [0.1, 0.15) is 5.82 Å². The first-order valence-corrected chi connectivity index (χ1v) is 10.2. The maximum Gasteiger partial charge on any atom is 0.489 e. The van der Waals surface area contributed by atoms with Crippen molar-refractivity contribution in [2.45, 2.75) is 32.2 Å². The van der Waals surface area contributed by atoms with Crippen molar-refractivity contribution in [3.63, 3.8) is 0 Å². The third kappa shape index (κ3) is 3.44. The minimum Gasteiger partial charge on any atom is -0.423 e. The van der Waals surface area contributed by atoms with Crippen molar-refractivity contribution >= 4 is 29.3 Å². The molecule has 2 heterocycles. The van der Waals surface area contributed by atoms with Gasteiger partial charge in [-0.2, -0.15) is 14.8 Å². The van der Waals surface area contributed by atoms with Crippen LogP contribution in [0.2, 0.25) is 0 Å². The Morgan fingerprint density at radius 3 is 2.63 bits per heavy atom. The fourth-order valence-electron chi connectivity index (χ4n) is 4.06. The van der Waals surface area contributed by atoms with Gasteiger partial charge in [-0.3, -0.25) is 0 Å². The van der Waals surface area contributed by atoms with E-state index in [1.54, 1.807) is 23.0 Å². The molecule has 2 aromatic heterocycles. The molecule has 0 saturated carbocycles. The van der Waals surface area contributed by atoms with E-state index in [1.165, 1.54) is 11.1 Å². The number of aromatic nitrogens is 4. The number of benzene rings is 2. The van der Waals surface area contributed by atoms with E-state index in [-0.39, 0.29) is 0 Å². The average Bonchev–Trinajstić information content (AvgIpc) is 3.22. The van der Waals surface area contributed by atoms with Gasteiger partial charge in [0.05, 0.1) is 17.4 Å². The molecule has 5 rings (SSSR count). The molecule has 1 aliphatic rings. The quantitative estimate of drug-likeness (QED) is 0.445. The lowest BCUT2D eigenvalue weighted by molar-refractivity contribution is 0.426. The van der Waals surface area contributed by atoms with Gasteiger partial charge >= 0.3 is 7.12 Å². The zero-order valence-corrected chi connectivity index (χ0v) is 16.5. The Morgan fingerprint density at radius 1 is 0.967 bits per heavy atom. The van der Waals surface area contributed by atoms with Gasteiger partial charge in [0.2, 0.25) is 0 Å². The van der Waals surface area contributed by atoms with Gasteiger partial charge in [0.25, 0.3) is 5.95 Å². The summed E-state index contributed by atoms with van der Waals surface area (Å²) in [5.74, 6) is 1.34. The molecule has 0 radical (unpaired) electrons. The Kier molecular flexibility index (Phi) is 4.94. The second kappa shape index (κ2) is 7.89. The molecule has 0 aliphatic heterocycles. The van der Waals surface area contributed by atoms with E-state index >= 15 is 0 Å².